The number of hydrogen-bond acceptors (Lipinski definition) is 4. The van der Waals surface area contributed by atoms with E-state index in [-0.39, 0.29) is 10.7 Å². The van der Waals surface area contributed by atoms with E-state index < -0.39 is 0 Å². The highest BCUT2D eigenvalue weighted by atomic mass is 127. The Hall–Kier alpha value is -0.890. The summed E-state index contributed by atoms with van der Waals surface area (Å²) in [6.45, 7) is 4.04. The van der Waals surface area contributed by atoms with Gasteiger partial charge in [0.2, 0.25) is 0 Å². The normalized spacial score (nSPS) is 10.8. The summed E-state index contributed by atoms with van der Waals surface area (Å²) >= 11 is 7.65. The molecule has 0 saturated carbocycles. The number of nitrogens with zero attached hydrogens (tertiary/aromatic N) is 3. The lowest BCUT2D eigenvalue weighted by molar-refractivity contribution is 0.392. The van der Waals surface area contributed by atoms with Gasteiger partial charge in [-0.1, -0.05) is 16.8 Å². The van der Waals surface area contributed by atoms with Gasteiger partial charge in [-0.25, -0.2) is 4.98 Å². The van der Waals surface area contributed by atoms with Crippen molar-refractivity contribution in [3.8, 4) is 0 Å². The summed E-state index contributed by atoms with van der Waals surface area (Å²) in [7, 11) is 0. The van der Waals surface area contributed by atoms with Crippen molar-refractivity contribution in [3.63, 3.8) is 0 Å². The summed E-state index contributed by atoms with van der Waals surface area (Å²) in [6.07, 6.45) is 1.43. The van der Waals surface area contributed by atoms with E-state index in [2.05, 4.69) is 10.1 Å². The summed E-state index contributed by atoms with van der Waals surface area (Å²) in [5.41, 5.74) is 1.51. The lowest BCUT2D eigenvalue weighted by atomic mass is 10.2. The lowest BCUT2D eigenvalue weighted by Gasteiger charge is -2.05. The standard InChI is InChI=1S/C10H9ClIN3O2/c1-5-7(6(2)17-14-5)3-15-4-13-9(11)8(12)10(15)16/h4H,3H2,1-2H3. The van der Waals surface area contributed by atoms with Gasteiger partial charge in [-0.15, -0.1) is 0 Å². The van der Waals surface area contributed by atoms with Crippen molar-refractivity contribution in [2.45, 2.75) is 20.4 Å². The van der Waals surface area contributed by atoms with E-state index in [1.807, 2.05) is 36.4 Å². The molecule has 2 aromatic rings. The quantitative estimate of drug-likeness (QED) is 0.604. The molecule has 0 radical (unpaired) electrons. The van der Waals surface area contributed by atoms with Crippen LogP contribution in [0.4, 0.5) is 0 Å². The maximum atomic E-state index is 11.9. The van der Waals surface area contributed by atoms with Crippen LogP contribution in [0.15, 0.2) is 15.6 Å². The first-order chi connectivity index (χ1) is 8.00. The van der Waals surface area contributed by atoms with E-state index >= 15 is 0 Å². The number of hydrogen-bond donors (Lipinski definition) is 0. The Labute approximate surface area is 116 Å². The molecule has 0 fully saturated rings. The summed E-state index contributed by atoms with van der Waals surface area (Å²) in [4.78, 5) is 15.9. The van der Waals surface area contributed by atoms with E-state index in [0.717, 1.165) is 11.3 Å². The minimum Gasteiger partial charge on any atom is -0.361 e. The second kappa shape index (κ2) is 4.77. The Kier molecular flexibility index (Phi) is 3.53. The van der Waals surface area contributed by atoms with Crippen molar-refractivity contribution in [3.05, 3.63) is 42.4 Å². The molecule has 2 aromatic heterocycles. The van der Waals surface area contributed by atoms with Crippen molar-refractivity contribution >= 4 is 34.2 Å². The Morgan fingerprint density at radius 1 is 1.53 bits per heavy atom. The van der Waals surface area contributed by atoms with Crippen molar-refractivity contribution in [1.29, 1.82) is 0 Å². The molecule has 7 heteroatoms. The lowest BCUT2D eigenvalue weighted by Crippen LogP contribution is -2.24. The fraction of sp³-hybridized carbons (Fsp3) is 0.300. The van der Waals surface area contributed by atoms with Gasteiger partial charge in [0.15, 0.2) is 0 Å². The van der Waals surface area contributed by atoms with E-state index in [4.69, 9.17) is 16.1 Å². The molecule has 0 saturated heterocycles. The third kappa shape index (κ3) is 2.37. The second-order valence-corrected chi connectivity index (χ2v) is 5.02. The molecule has 0 aliphatic heterocycles. The maximum Gasteiger partial charge on any atom is 0.268 e. The first-order valence-electron chi connectivity index (χ1n) is 4.83. The molecule has 0 atom stereocenters. The highest BCUT2D eigenvalue weighted by Crippen LogP contribution is 2.14. The summed E-state index contributed by atoms with van der Waals surface area (Å²) in [5.74, 6) is 0.708. The predicted molar refractivity (Wildman–Crippen MR) is 71.3 cm³/mol. The number of halogens is 2. The van der Waals surface area contributed by atoms with Crippen molar-refractivity contribution in [1.82, 2.24) is 14.7 Å². The SMILES string of the molecule is Cc1noc(C)c1Cn1cnc(Cl)c(I)c1=O. The molecule has 0 spiro atoms. The zero-order valence-electron chi connectivity index (χ0n) is 9.20. The third-order valence-corrected chi connectivity index (χ3v) is 4.03. The van der Waals surface area contributed by atoms with Crippen LogP contribution >= 0.6 is 34.2 Å². The van der Waals surface area contributed by atoms with Crippen molar-refractivity contribution < 1.29 is 4.52 Å². The molecule has 0 unspecified atom stereocenters. The molecule has 90 valence electrons. The summed E-state index contributed by atoms with van der Waals surface area (Å²) in [5, 5.41) is 4.07. The molecule has 0 amide bonds. The largest absolute Gasteiger partial charge is 0.361 e. The molecular weight excluding hydrogens is 356 g/mol. The first-order valence-corrected chi connectivity index (χ1v) is 6.28. The zero-order chi connectivity index (χ0) is 12.6. The van der Waals surface area contributed by atoms with E-state index in [1.54, 1.807) is 0 Å². The highest BCUT2D eigenvalue weighted by Gasteiger charge is 2.12. The minimum absolute atomic E-state index is 0.161. The second-order valence-electron chi connectivity index (χ2n) is 3.59. The minimum atomic E-state index is -0.161. The van der Waals surface area contributed by atoms with E-state index in [1.165, 1.54) is 10.9 Å². The summed E-state index contributed by atoms with van der Waals surface area (Å²) < 4.78 is 6.95. The van der Waals surface area contributed by atoms with Gasteiger partial charge in [-0.2, -0.15) is 0 Å². The molecule has 17 heavy (non-hydrogen) atoms. The number of aromatic nitrogens is 3. The van der Waals surface area contributed by atoms with Crippen LogP contribution in [0, 0.1) is 17.4 Å². The topological polar surface area (TPSA) is 60.9 Å². The van der Waals surface area contributed by atoms with Gasteiger partial charge in [-0.05, 0) is 36.4 Å². The fourth-order valence-corrected chi connectivity index (χ4v) is 2.03. The Balaban J connectivity index is 2.44. The van der Waals surface area contributed by atoms with Crippen LogP contribution in [0.2, 0.25) is 5.15 Å². The van der Waals surface area contributed by atoms with Gasteiger partial charge < -0.3 is 4.52 Å². The zero-order valence-corrected chi connectivity index (χ0v) is 12.1. The van der Waals surface area contributed by atoms with E-state index in [0.29, 0.717) is 15.9 Å². The van der Waals surface area contributed by atoms with Crippen LogP contribution in [0.1, 0.15) is 17.0 Å². The fourth-order valence-electron chi connectivity index (χ4n) is 1.45. The molecule has 0 aliphatic rings. The maximum absolute atomic E-state index is 11.9. The van der Waals surface area contributed by atoms with Crippen LogP contribution in [-0.4, -0.2) is 14.7 Å². The highest BCUT2D eigenvalue weighted by molar-refractivity contribution is 14.1. The van der Waals surface area contributed by atoms with Gasteiger partial charge in [0.25, 0.3) is 5.56 Å². The Morgan fingerprint density at radius 3 is 2.82 bits per heavy atom. The van der Waals surface area contributed by atoms with Gasteiger partial charge in [0, 0.05) is 5.56 Å². The molecule has 0 N–H and O–H groups in total. The van der Waals surface area contributed by atoms with Crippen LogP contribution in [0.3, 0.4) is 0 Å². The van der Waals surface area contributed by atoms with Crippen LogP contribution in [-0.2, 0) is 6.54 Å². The van der Waals surface area contributed by atoms with Crippen molar-refractivity contribution in [2.75, 3.05) is 0 Å². The summed E-state index contributed by atoms with van der Waals surface area (Å²) in [6, 6.07) is 0. The molecule has 0 aliphatic carbocycles. The van der Waals surface area contributed by atoms with Gasteiger partial charge in [0.05, 0.1) is 18.6 Å². The van der Waals surface area contributed by atoms with Gasteiger partial charge in [0.1, 0.15) is 14.5 Å². The van der Waals surface area contributed by atoms with Crippen LogP contribution < -0.4 is 5.56 Å². The van der Waals surface area contributed by atoms with E-state index in [9.17, 15) is 4.79 Å². The van der Waals surface area contributed by atoms with Gasteiger partial charge in [-0.3, -0.25) is 9.36 Å². The van der Waals surface area contributed by atoms with Crippen LogP contribution in [0.25, 0.3) is 0 Å². The molecular formula is C10H9ClIN3O2. The van der Waals surface area contributed by atoms with Crippen molar-refractivity contribution in [2.24, 2.45) is 0 Å². The monoisotopic (exact) mass is 365 g/mol. The molecule has 5 nitrogen and oxygen atoms in total. The molecule has 2 heterocycles. The molecule has 0 aromatic carbocycles. The number of aryl methyl sites for hydroxylation is 2. The number of rotatable bonds is 2. The van der Waals surface area contributed by atoms with Gasteiger partial charge >= 0.3 is 0 Å². The Morgan fingerprint density at radius 2 is 2.24 bits per heavy atom. The average molecular weight is 366 g/mol. The molecule has 0 bridgehead atoms. The average Bonchev–Trinajstić information content (AvgIpc) is 2.61. The predicted octanol–water partition coefficient (Wildman–Crippen LogP) is 2.15. The van der Waals surface area contributed by atoms with Crippen LogP contribution in [0.5, 0.6) is 0 Å². The smallest absolute Gasteiger partial charge is 0.268 e. The Bertz CT molecular complexity index is 601. The molecule has 2 rings (SSSR count). The third-order valence-electron chi connectivity index (χ3n) is 2.45. The first kappa shape index (κ1) is 12.6.